The van der Waals surface area contributed by atoms with Crippen molar-refractivity contribution in [3.8, 4) is 0 Å². The number of imide groups is 1. The van der Waals surface area contributed by atoms with Gasteiger partial charge in [0.25, 0.3) is 0 Å². The van der Waals surface area contributed by atoms with Crippen molar-refractivity contribution in [2.75, 3.05) is 6.54 Å². The van der Waals surface area contributed by atoms with E-state index >= 15 is 0 Å². The summed E-state index contributed by atoms with van der Waals surface area (Å²) in [6.07, 6.45) is 1.41. The van der Waals surface area contributed by atoms with Crippen LogP contribution >= 0.6 is 0 Å². The average Bonchev–Trinajstić information content (AvgIpc) is 2.76. The van der Waals surface area contributed by atoms with E-state index in [2.05, 4.69) is 20.9 Å². The predicted octanol–water partition coefficient (Wildman–Crippen LogP) is -1.92. The van der Waals surface area contributed by atoms with E-state index in [-0.39, 0.29) is 13.0 Å². The van der Waals surface area contributed by atoms with Gasteiger partial charge in [0.2, 0.25) is 5.91 Å². The molecule has 1 heterocycles. The summed E-state index contributed by atoms with van der Waals surface area (Å²) in [4.78, 5) is 33.1. The van der Waals surface area contributed by atoms with Gasteiger partial charge in [-0.3, -0.25) is 14.9 Å². The minimum atomic E-state index is -1.14. The summed E-state index contributed by atoms with van der Waals surface area (Å²) in [5.41, 5.74) is 5.70. The molecule has 1 rings (SSSR count). The molecule has 0 radical (unpaired) electrons. The number of carboxylic acids is 1. The molecule has 3 amide bonds. The molecular formula is C10H16N6O4. The van der Waals surface area contributed by atoms with E-state index in [1.165, 1.54) is 10.9 Å². The van der Waals surface area contributed by atoms with Gasteiger partial charge in [-0.1, -0.05) is 5.21 Å². The Morgan fingerprint density at radius 2 is 2.20 bits per heavy atom. The lowest BCUT2D eigenvalue weighted by molar-refractivity contribution is -0.138. The molecule has 1 atom stereocenters. The number of nitrogens with zero attached hydrogens (tertiary/aromatic N) is 3. The van der Waals surface area contributed by atoms with Crippen molar-refractivity contribution in [3.63, 3.8) is 0 Å². The number of nitrogens with one attached hydrogen (secondary N) is 2. The molecule has 5 N–H and O–H groups in total. The molecule has 10 nitrogen and oxygen atoms in total. The zero-order valence-corrected chi connectivity index (χ0v) is 10.9. The molecule has 0 saturated heterocycles. The molecule has 0 aliphatic heterocycles. The SMILES string of the molecule is CCNC(=O)NC(=O)Cn1cc(CC(N)C(=O)O)nn1. The van der Waals surface area contributed by atoms with Gasteiger partial charge in [-0.05, 0) is 6.92 Å². The largest absolute Gasteiger partial charge is 0.480 e. The van der Waals surface area contributed by atoms with E-state index < -0.39 is 23.9 Å². The molecule has 0 aliphatic carbocycles. The first-order valence-electron chi connectivity index (χ1n) is 5.87. The molecule has 0 bridgehead atoms. The van der Waals surface area contributed by atoms with Gasteiger partial charge in [0.15, 0.2) is 0 Å². The normalized spacial score (nSPS) is 11.7. The van der Waals surface area contributed by atoms with Crippen LogP contribution in [0.1, 0.15) is 12.6 Å². The van der Waals surface area contributed by atoms with E-state index in [0.29, 0.717) is 12.2 Å². The number of amides is 3. The second-order valence-electron chi connectivity index (χ2n) is 3.96. The minimum absolute atomic E-state index is 0.00722. The van der Waals surface area contributed by atoms with Gasteiger partial charge in [-0.25, -0.2) is 9.48 Å². The molecule has 20 heavy (non-hydrogen) atoms. The van der Waals surface area contributed by atoms with Crippen LogP contribution in [0.5, 0.6) is 0 Å². The first kappa shape index (κ1) is 15.6. The van der Waals surface area contributed by atoms with Crippen molar-refractivity contribution >= 4 is 17.9 Å². The molecule has 0 saturated carbocycles. The van der Waals surface area contributed by atoms with Gasteiger partial charge in [0.1, 0.15) is 12.6 Å². The number of nitrogens with two attached hydrogens (primary N) is 1. The van der Waals surface area contributed by atoms with Crippen LogP contribution in [0.4, 0.5) is 4.79 Å². The number of hydrogen-bond donors (Lipinski definition) is 4. The van der Waals surface area contributed by atoms with Crippen molar-refractivity contribution in [1.29, 1.82) is 0 Å². The van der Waals surface area contributed by atoms with Gasteiger partial charge in [-0.15, -0.1) is 5.10 Å². The number of rotatable bonds is 6. The molecule has 0 fully saturated rings. The monoisotopic (exact) mass is 284 g/mol. The first-order chi connectivity index (χ1) is 9.42. The van der Waals surface area contributed by atoms with Crippen LogP contribution in [0.25, 0.3) is 0 Å². The first-order valence-corrected chi connectivity index (χ1v) is 5.87. The van der Waals surface area contributed by atoms with Crippen molar-refractivity contribution < 1.29 is 19.5 Å². The fourth-order valence-electron chi connectivity index (χ4n) is 1.34. The zero-order valence-electron chi connectivity index (χ0n) is 10.9. The van der Waals surface area contributed by atoms with Gasteiger partial charge < -0.3 is 16.2 Å². The highest BCUT2D eigenvalue weighted by Gasteiger charge is 2.15. The molecule has 1 unspecified atom stereocenters. The minimum Gasteiger partial charge on any atom is -0.480 e. The molecule has 0 aliphatic rings. The summed E-state index contributed by atoms with van der Waals surface area (Å²) in [6, 6.07) is -1.67. The van der Waals surface area contributed by atoms with Crippen LogP contribution < -0.4 is 16.4 Å². The number of carbonyl (C=O) groups excluding carboxylic acids is 2. The Bertz CT molecular complexity index is 500. The van der Waals surface area contributed by atoms with Crippen molar-refractivity contribution in [3.05, 3.63) is 11.9 Å². The fraction of sp³-hybridized carbons (Fsp3) is 0.500. The van der Waals surface area contributed by atoms with Crippen LogP contribution in [0.3, 0.4) is 0 Å². The molecule has 1 aromatic rings. The third-order valence-electron chi connectivity index (χ3n) is 2.23. The number of urea groups is 1. The Morgan fingerprint density at radius 1 is 1.50 bits per heavy atom. The molecule has 10 heteroatoms. The maximum atomic E-state index is 11.5. The van der Waals surface area contributed by atoms with Crippen LogP contribution in [-0.2, 0) is 22.6 Å². The highest BCUT2D eigenvalue weighted by Crippen LogP contribution is 1.97. The predicted molar refractivity (Wildman–Crippen MR) is 66.6 cm³/mol. The van der Waals surface area contributed by atoms with Crippen molar-refractivity contribution in [2.24, 2.45) is 5.73 Å². The standard InChI is InChI=1S/C10H16N6O4/c1-2-12-10(20)13-8(17)5-16-4-6(14-15-16)3-7(11)9(18)19/h4,7H,2-3,5,11H2,1H3,(H,18,19)(H2,12,13,17,20). The Hall–Kier alpha value is -2.49. The van der Waals surface area contributed by atoms with Gasteiger partial charge >= 0.3 is 12.0 Å². The lowest BCUT2D eigenvalue weighted by Crippen LogP contribution is -2.40. The number of aliphatic carboxylic acids is 1. The Kier molecular flexibility index (Phi) is 5.59. The summed E-state index contributed by atoms with van der Waals surface area (Å²) in [5, 5.41) is 20.5. The quantitative estimate of drug-likeness (QED) is 0.475. The van der Waals surface area contributed by atoms with Gasteiger partial charge in [-0.2, -0.15) is 0 Å². The number of carbonyl (C=O) groups is 3. The smallest absolute Gasteiger partial charge is 0.321 e. The average molecular weight is 284 g/mol. The summed E-state index contributed by atoms with van der Waals surface area (Å²) in [7, 11) is 0. The Balaban J connectivity index is 2.49. The lowest BCUT2D eigenvalue weighted by Gasteiger charge is -2.04. The van der Waals surface area contributed by atoms with E-state index in [1.807, 2.05) is 0 Å². The number of aromatic nitrogens is 3. The molecule has 0 spiro atoms. The highest BCUT2D eigenvalue weighted by molar-refractivity contribution is 5.94. The maximum absolute atomic E-state index is 11.5. The van der Waals surface area contributed by atoms with E-state index in [0.717, 1.165) is 0 Å². The number of hydrogen-bond acceptors (Lipinski definition) is 6. The van der Waals surface area contributed by atoms with Crippen LogP contribution in [0.2, 0.25) is 0 Å². The fourth-order valence-corrected chi connectivity index (χ4v) is 1.34. The third kappa shape index (κ3) is 5.02. The molecular weight excluding hydrogens is 268 g/mol. The van der Waals surface area contributed by atoms with E-state index in [4.69, 9.17) is 10.8 Å². The van der Waals surface area contributed by atoms with Crippen LogP contribution in [-0.4, -0.2) is 50.6 Å². The van der Waals surface area contributed by atoms with Gasteiger partial charge in [0.05, 0.1) is 5.69 Å². The second kappa shape index (κ2) is 7.19. The summed E-state index contributed by atoms with van der Waals surface area (Å²) < 4.78 is 1.19. The lowest BCUT2D eigenvalue weighted by atomic mass is 10.2. The van der Waals surface area contributed by atoms with Crippen LogP contribution in [0, 0.1) is 0 Å². The van der Waals surface area contributed by atoms with Crippen molar-refractivity contribution in [1.82, 2.24) is 25.6 Å². The zero-order chi connectivity index (χ0) is 15.1. The Labute approximate surface area is 114 Å². The third-order valence-corrected chi connectivity index (χ3v) is 2.23. The van der Waals surface area contributed by atoms with E-state index in [9.17, 15) is 14.4 Å². The molecule has 0 aromatic carbocycles. The molecule has 1 aromatic heterocycles. The summed E-state index contributed by atoms with van der Waals surface area (Å²) in [5.74, 6) is -1.71. The highest BCUT2D eigenvalue weighted by atomic mass is 16.4. The number of carboxylic acid groups (broad SMARTS) is 1. The van der Waals surface area contributed by atoms with Crippen molar-refractivity contribution in [2.45, 2.75) is 25.9 Å². The molecule has 110 valence electrons. The van der Waals surface area contributed by atoms with Gasteiger partial charge in [0, 0.05) is 19.2 Å². The van der Waals surface area contributed by atoms with E-state index in [1.54, 1.807) is 6.92 Å². The second-order valence-corrected chi connectivity index (χ2v) is 3.96. The Morgan fingerprint density at radius 3 is 2.80 bits per heavy atom. The summed E-state index contributed by atoms with van der Waals surface area (Å²) >= 11 is 0. The van der Waals surface area contributed by atoms with Crippen LogP contribution in [0.15, 0.2) is 6.20 Å². The summed E-state index contributed by atoms with van der Waals surface area (Å²) in [6.45, 7) is 1.92. The topological polar surface area (TPSA) is 152 Å². The maximum Gasteiger partial charge on any atom is 0.321 e.